The Morgan fingerprint density at radius 2 is 2.09 bits per heavy atom. The van der Waals surface area contributed by atoms with E-state index in [4.69, 9.17) is 5.73 Å². The minimum absolute atomic E-state index is 0.174. The van der Waals surface area contributed by atoms with E-state index in [-0.39, 0.29) is 17.7 Å². The average molecular weight is 497 g/mol. The largest absolute Gasteiger partial charge is 0.365 e. The van der Waals surface area contributed by atoms with Crippen molar-refractivity contribution in [2.75, 3.05) is 11.1 Å². The standard InChI is InChI=1S/C24H28N6O2S2/c1-14-6-2-3-9-17(14)30-22(15-7-5-11-26-12-15)28-29-24(30)33-13-19(31)27-23-20(21(25)32)16-8-4-10-18(16)34-23/h5,7,11-12,14,17H,2-4,6,8-10,13H2,1H3,(H2,25,32)(H,27,31)/t14-,17+/m1/s1. The Morgan fingerprint density at radius 1 is 1.24 bits per heavy atom. The summed E-state index contributed by atoms with van der Waals surface area (Å²) in [7, 11) is 0. The Kier molecular flexibility index (Phi) is 6.69. The first kappa shape index (κ1) is 23.0. The molecule has 1 saturated carbocycles. The molecule has 34 heavy (non-hydrogen) atoms. The van der Waals surface area contributed by atoms with Gasteiger partial charge in [0.2, 0.25) is 5.91 Å². The third kappa shape index (κ3) is 4.48. The van der Waals surface area contributed by atoms with Crippen molar-refractivity contribution in [3.05, 3.63) is 40.5 Å². The van der Waals surface area contributed by atoms with Crippen molar-refractivity contribution >= 4 is 39.9 Å². The molecule has 0 bridgehead atoms. The summed E-state index contributed by atoms with van der Waals surface area (Å²) < 4.78 is 2.20. The summed E-state index contributed by atoms with van der Waals surface area (Å²) >= 11 is 2.85. The van der Waals surface area contributed by atoms with Crippen LogP contribution < -0.4 is 11.1 Å². The lowest BCUT2D eigenvalue weighted by molar-refractivity contribution is -0.113. The number of amides is 2. The summed E-state index contributed by atoms with van der Waals surface area (Å²) in [6, 6.07) is 4.17. The number of nitrogens with two attached hydrogens (primary N) is 1. The van der Waals surface area contributed by atoms with Crippen LogP contribution in [0.3, 0.4) is 0 Å². The molecule has 0 spiro atoms. The van der Waals surface area contributed by atoms with Gasteiger partial charge in [0.15, 0.2) is 11.0 Å². The minimum Gasteiger partial charge on any atom is -0.365 e. The number of carbonyl (C=O) groups excluding carboxylic acids is 2. The molecule has 2 aliphatic carbocycles. The fraction of sp³-hybridized carbons (Fsp3) is 0.458. The van der Waals surface area contributed by atoms with Crippen molar-refractivity contribution < 1.29 is 9.59 Å². The number of thiophene rings is 1. The van der Waals surface area contributed by atoms with E-state index in [0.717, 1.165) is 52.7 Å². The topological polar surface area (TPSA) is 116 Å². The summed E-state index contributed by atoms with van der Waals surface area (Å²) in [4.78, 5) is 30.3. The predicted octanol–water partition coefficient (Wildman–Crippen LogP) is 4.47. The number of thioether (sulfide) groups is 1. The fourth-order valence-electron chi connectivity index (χ4n) is 5.09. The Bertz CT molecular complexity index is 1210. The summed E-state index contributed by atoms with van der Waals surface area (Å²) in [5.41, 5.74) is 8.04. The van der Waals surface area contributed by atoms with E-state index in [1.165, 1.54) is 42.4 Å². The van der Waals surface area contributed by atoms with Gasteiger partial charge in [-0.1, -0.05) is 31.5 Å². The van der Waals surface area contributed by atoms with E-state index >= 15 is 0 Å². The van der Waals surface area contributed by atoms with Crippen LogP contribution in [-0.2, 0) is 17.6 Å². The second-order valence-electron chi connectivity index (χ2n) is 9.01. The highest BCUT2D eigenvalue weighted by Crippen LogP contribution is 2.40. The summed E-state index contributed by atoms with van der Waals surface area (Å²) in [6.45, 7) is 2.28. The van der Waals surface area contributed by atoms with Crippen LogP contribution in [0.1, 0.15) is 65.9 Å². The van der Waals surface area contributed by atoms with Gasteiger partial charge in [0.05, 0.1) is 11.3 Å². The van der Waals surface area contributed by atoms with Crippen LogP contribution in [0.2, 0.25) is 0 Å². The van der Waals surface area contributed by atoms with Crippen molar-refractivity contribution in [1.82, 2.24) is 19.7 Å². The van der Waals surface area contributed by atoms with Crippen molar-refractivity contribution in [3.8, 4) is 11.4 Å². The second kappa shape index (κ2) is 9.87. The molecule has 0 saturated heterocycles. The highest BCUT2D eigenvalue weighted by molar-refractivity contribution is 7.99. The molecule has 3 aromatic rings. The average Bonchev–Trinajstić information content (AvgIpc) is 3.53. The van der Waals surface area contributed by atoms with Crippen LogP contribution in [0, 0.1) is 5.92 Å². The van der Waals surface area contributed by atoms with E-state index in [2.05, 4.69) is 32.0 Å². The minimum atomic E-state index is -0.477. The molecular weight excluding hydrogens is 468 g/mol. The summed E-state index contributed by atoms with van der Waals surface area (Å²) in [5.74, 6) is 0.809. The number of aromatic nitrogens is 4. The Morgan fingerprint density at radius 3 is 2.85 bits per heavy atom. The Balaban J connectivity index is 1.36. The number of nitrogens with one attached hydrogen (secondary N) is 1. The molecule has 8 nitrogen and oxygen atoms in total. The van der Waals surface area contributed by atoms with Crippen LogP contribution in [0.25, 0.3) is 11.4 Å². The quantitative estimate of drug-likeness (QED) is 0.466. The molecule has 3 aromatic heterocycles. The molecule has 0 aliphatic heterocycles. The zero-order valence-corrected chi connectivity index (χ0v) is 20.8. The van der Waals surface area contributed by atoms with Gasteiger partial charge in [0.1, 0.15) is 5.00 Å². The lowest BCUT2D eigenvalue weighted by Gasteiger charge is -2.31. The molecule has 5 rings (SSSR count). The molecule has 0 aromatic carbocycles. The van der Waals surface area contributed by atoms with Crippen molar-refractivity contribution in [2.45, 2.75) is 63.1 Å². The van der Waals surface area contributed by atoms with E-state index < -0.39 is 5.91 Å². The number of aryl methyl sites for hydroxylation is 1. The van der Waals surface area contributed by atoms with Crippen LogP contribution in [-0.4, -0.2) is 37.3 Å². The molecule has 2 amide bonds. The maximum atomic E-state index is 12.9. The highest BCUT2D eigenvalue weighted by atomic mass is 32.2. The van der Waals surface area contributed by atoms with Gasteiger partial charge in [-0.25, -0.2) is 0 Å². The fourth-order valence-corrected chi connectivity index (χ4v) is 7.20. The molecule has 1 fully saturated rings. The van der Waals surface area contributed by atoms with Gasteiger partial charge in [0.25, 0.3) is 5.91 Å². The summed E-state index contributed by atoms with van der Waals surface area (Å²) in [5, 5.41) is 13.2. The van der Waals surface area contributed by atoms with Crippen LogP contribution in [0.15, 0.2) is 29.7 Å². The first-order valence-electron chi connectivity index (χ1n) is 11.7. The molecule has 3 heterocycles. The molecule has 3 N–H and O–H groups in total. The molecule has 0 radical (unpaired) electrons. The van der Waals surface area contributed by atoms with Gasteiger partial charge < -0.3 is 11.1 Å². The zero-order chi connectivity index (χ0) is 23.7. The van der Waals surface area contributed by atoms with Gasteiger partial charge in [-0.15, -0.1) is 21.5 Å². The number of pyridine rings is 1. The Hall–Kier alpha value is -2.72. The molecule has 2 atom stereocenters. The number of primary amides is 1. The van der Waals surface area contributed by atoms with Gasteiger partial charge in [-0.2, -0.15) is 0 Å². The van der Waals surface area contributed by atoms with Crippen molar-refractivity contribution in [1.29, 1.82) is 0 Å². The number of hydrogen-bond acceptors (Lipinski definition) is 7. The van der Waals surface area contributed by atoms with Crippen molar-refractivity contribution in [2.24, 2.45) is 11.7 Å². The van der Waals surface area contributed by atoms with Gasteiger partial charge in [0, 0.05) is 28.9 Å². The monoisotopic (exact) mass is 496 g/mol. The molecule has 0 unspecified atom stereocenters. The lowest BCUT2D eigenvalue weighted by atomic mass is 9.85. The normalized spacial score (nSPS) is 19.7. The smallest absolute Gasteiger partial charge is 0.251 e. The van der Waals surface area contributed by atoms with E-state index in [1.54, 1.807) is 12.4 Å². The maximum absolute atomic E-state index is 12.9. The van der Waals surface area contributed by atoms with E-state index in [0.29, 0.717) is 16.5 Å². The van der Waals surface area contributed by atoms with Gasteiger partial charge in [-0.3, -0.25) is 19.1 Å². The number of carbonyl (C=O) groups is 2. The van der Waals surface area contributed by atoms with Crippen LogP contribution in [0.4, 0.5) is 5.00 Å². The number of hydrogen-bond donors (Lipinski definition) is 2. The van der Waals surface area contributed by atoms with E-state index in [9.17, 15) is 9.59 Å². The van der Waals surface area contributed by atoms with Crippen molar-refractivity contribution in [3.63, 3.8) is 0 Å². The zero-order valence-electron chi connectivity index (χ0n) is 19.1. The number of rotatable bonds is 7. The van der Waals surface area contributed by atoms with Crippen LogP contribution >= 0.6 is 23.1 Å². The van der Waals surface area contributed by atoms with E-state index in [1.807, 2.05) is 12.1 Å². The van der Waals surface area contributed by atoms with Gasteiger partial charge >= 0.3 is 0 Å². The third-order valence-electron chi connectivity index (χ3n) is 6.74. The number of anilines is 1. The molecule has 2 aliphatic rings. The molecular formula is C24H28N6O2S2. The Labute approximate surface area is 206 Å². The first-order valence-corrected chi connectivity index (χ1v) is 13.6. The van der Waals surface area contributed by atoms with Gasteiger partial charge in [-0.05, 0) is 55.7 Å². The maximum Gasteiger partial charge on any atom is 0.251 e. The highest BCUT2D eigenvalue weighted by Gasteiger charge is 2.30. The third-order valence-corrected chi connectivity index (χ3v) is 8.89. The second-order valence-corrected chi connectivity index (χ2v) is 11.1. The van der Waals surface area contributed by atoms with Crippen LogP contribution in [0.5, 0.6) is 0 Å². The first-order chi connectivity index (χ1) is 16.5. The molecule has 10 heteroatoms. The molecule has 178 valence electrons. The lowest BCUT2D eigenvalue weighted by Crippen LogP contribution is -2.23. The predicted molar refractivity (Wildman–Crippen MR) is 134 cm³/mol. The SMILES string of the molecule is C[C@@H]1CCCC[C@@H]1n1c(SCC(=O)Nc2sc3c(c2C(N)=O)CCC3)nnc1-c1cccnc1. The number of nitrogens with zero attached hydrogens (tertiary/aromatic N) is 4. The number of fused-ring (bicyclic) bond motifs is 1. The summed E-state index contributed by atoms with van der Waals surface area (Å²) in [6.07, 6.45) is 11.0.